The standard InChI is InChI=1S/C28H57FO3S.Na.H/c1-3-5-7-9-11-13-14-15-16-17-19-21-23-25-27-32-33(30,31)28(29)26-24-22-20-18-12-10-8-6-4-2;;/h28H,3-27H2,1-2H3;;. The third-order valence-electron chi connectivity index (χ3n) is 6.59. The second kappa shape index (κ2) is 28.4. The minimum atomic E-state index is -4.05. The van der Waals surface area contributed by atoms with Gasteiger partial charge in [-0.25, -0.2) is 4.39 Å². The molecule has 0 saturated heterocycles. The van der Waals surface area contributed by atoms with Gasteiger partial charge in [0.05, 0.1) is 6.61 Å². The molecule has 0 aliphatic heterocycles. The van der Waals surface area contributed by atoms with Crippen LogP contribution in [0.1, 0.15) is 168 Å². The Morgan fingerprint density at radius 2 is 0.824 bits per heavy atom. The molecule has 6 heteroatoms. The molecule has 0 rings (SSSR count). The van der Waals surface area contributed by atoms with Crippen molar-refractivity contribution in [3.05, 3.63) is 0 Å². The summed E-state index contributed by atoms with van der Waals surface area (Å²) in [5.74, 6) is 0. The Morgan fingerprint density at radius 1 is 0.529 bits per heavy atom. The van der Waals surface area contributed by atoms with Gasteiger partial charge in [0.2, 0.25) is 5.50 Å². The molecule has 0 amide bonds. The fourth-order valence-electron chi connectivity index (χ4n) is 4.31. The van der Waals surface area contributed by atoms with Gasteiger partial charge in [-0.2, -0.15) is 8.42 Å². The number of hydrogen-bond donors (Lipinski definition) is 0. The molecule has 0 aromatic rings. The van der Waals surface area contributed by atoms with Crippen LogP contribution in [0.3, 0.4) is 0 Å². The Hall–Kier alpha value is 0.840. The van der Waals surface area contributed by atoms with Crippen LogP contribution in [0.5, 0.6) is 0 Å². The van der Waals surface area contributed by atoms with Crippen molar-refractivity contribution in [1.29, 1.82) is 0 Å². The van der Waals surface area contributed by atoms with Crippen LogP contribution in [0.2, 0.25) is 0 Å². The number of halogens is 1. The summed E-state index contributed by atoms with van der Waals surface area (Å²) in [5, 5.41) is 0. The Kier molecular flexibility index (Phi) is 30.9. The Bertz CT molecular complexity index is 488. The van der Waals surface area contributed by atoms with E-state index in [2.05, 4.69) is 13.8 Å². The van der Waals surface area contributed by atoms with Crippen molar-refractivity contribution in [3.8, 4) is 0 Å². The summed E-state index contributed by atoms with van der Waals surface area (Å²) < 4.78 is 42.9. The van der Waals surface area contributed by atoms with E-state index in [0.717, 1.165) is 25.7 Å². The molecule has 0 N–H and O–H groups in total. The number of unbranched alkanes of at least 4 members (excludes halogenated alkanes) is 21. The summed E-state index contributed by atoms with van der Waals surface area (Å²) in [6.45, 7) is 4.60. The van der Waals surface area contributed by atoms with Gasteiger partial charge in [0.15, 0.2) is 0 Å². The van der Waals surface area contributed by atoms with E-state index in [4.69, 9.17) is 4.18 Å². The zero-order valence-electron chi connectivity index (χ0n) is 22.3. The second-order valence-corrected chi connectivity index (χ2v) is 11.7. The van der Waals surface area contributed by atoms with E-state index >= 15 is 0 Å². The molecule has 1 unspecified atom stereocenters. The molecule has 0 aliphatic carbocycles. The maximum atomic E-state index is 14.1. The third kappa shape index (κ3) is 25.9. The van der Waals surface area contributed by atoms with Gasteiger partial charge in [-0.15, -0.1) is 0 Å². The van der Waals surface area contributed by atoms with Gasteiger partial charge in [-0.05, 0) is 19.3 Å². The fourth-order valence-corrected chi connectivity index (χ4v) is 5.26. The van der Waals surface area contributed by atoms with Crippen LogP contribution in [-0.2, 0) is 14.3 Å². The summed E-state index contributed by atoms with van der Waals surface area (Å²) >= 11 is 0. The second-order valence-electron chi connectivity index (χ2n) is 9.94. The molecule has 0 bridgehead atoms. The summed E-state index contributed by atoms with van der Waals surface area (Å²) in [7, 11) is -4.05. The first-order chi connectivity index (χ1) is 16.0. The van der Waals surface area contributed by atoms with Crippen molar-refractivity contribution >= 4 is 39.7 Å². The predicted octanol–water partition coefficient (Wildman–Crippen LogP) is 9.38. The molecule has 0 aromatic carbocycles. The van der Waals surface area contributed by atoms with Gasteiger partial charge >= 0.3 is 29.6 Å². The molecule has 34 heavy (non-hydrogen) atoms. The summed E-state index contributed by atoms with van der Waals surface area (Å²) in [4.78, 5) is 0. The van der Waals surface area contributed by atoms with E-state index < -0.39 is 15.6 Å². The van der Waals surface area contributed by atoms with Gasteiger partial charge in [0.1, 0.15) is 0 Å². The van der Waals surface area contributed by atoms with Gasteiger partial charge in [-0.1, -0.05) is 149 Å². The van der Waals surface area contributed by atoms with Crippen molar-refractivity contribution in [2.24, 2.45) is 0 Å². The summed E-state index contributed by atoms with van der Waals surface area (Å²) in [6, 6.07) is 0. The van der Waals surface area contributed by atoms with Crippen LogP contribution >= 0.6 is 0 Å². The molecule has 0 aliphatic rings. The van der Waals surface area contributed by atoms with Crippen molar-refractivity contribution in [1.82, 2.24) is 0 Å². The van der Waals surface area contributed by atoms with E-state index in [1.165, 1.54) is 109 Å². The molecule has 0 aromatic heterocycles. The van der Waals surface area contributed by atoms with E-state index in [1.54, 1.807) is 0 Å². The molecule has 0 spiro atoms. The zero-order valence-corrected chi connectivity index (χ0v) is 23.1. The molecular formula is C28H58FNaO3S. The molecule has 1 atom stereocenters. The van der Waals surface area contributed by atoms with Crippen molar-refractivity contribution < 1.29 is 17.0 Å². The molecule has 0 heterocycles. The van der Waals surface area contributed by atoms with Crippen molar-refractivity contribution in [3.63, 3.8) is 0 Å². The van der Waals surface area contributed by atoms with Crippen LogP contribution in [0.15, 0.2) is 0 Å². The topological polar surface area (TPSA) is 43.4 Å². The van der Waals surface area contributed by atoms with Gasteiger partial charge < -0.3 is 0 Å². The molecule has 0 saturated carbocycles. The predicted molar refractivity (Wildman–Crippen MR) is 149 cm³/mol. The van der Waals surface area contributed by atoms with E-state index in [-0.39, 0.29) is 42.6 Å². The van der Waals surface area contributed by atoms with Crippen LogP contribution in [0.25, 0.3) is 0 Å². The molecular weight excluding hydrogens is 458 g/mol. The van der Waals surface area contributed by atoms with Gasteiger partial charge in [0, 0.05) is 0 Å². The van der Waals surface area contributed by atoms with Gasteiger partial charge in [-0.3, -0.25) is 4.18 Å². The summed E-state index contributed by atoms with van der Waals surface area (Å²) in [5.41, 5.74) is -1.87. The minimum absolute atomic E-state index is 0. The monoisotopic (exact) mass is 516 g/mol. The zero-order chi connectivity index (χ0) is 24.5. The first kappa shape index (κ1) is 37.0. The van der Waals surface area contributed by atoms with Crippen LogP contribution < -0.4 is 0 Å². The maximum absolute atomic E-state index is 14.1. The first-order valence-corrected chi connectivity index (χ1v) is 16.0. The molecule has 0 fully saturated rings. The van der Waals surface area contributed by atoms with E-state index in [0.29, 0.717) is 12.8 Å². The average molecular weight is 517 g/mol. The number of alkyl halides is 1. The van der Waals surface area contributed by atoms with E-state index in [1.807, 2.05) is 0 Å². The Balaban J connectivity index is 0. The van der Waals surface area contributed by atoms with E-state index in [9.17, 15) is 12.8 Å². The van der Waals surface area contributed by atoms with Crippen LogP contribution in [0, 0.1) is 0 Å². The Labute approximate surface area is 235 Å². The summed E-state index contributed by atoms with van der Waals surface area (Å²) in [6.07, 6.45) is 27.7. The van der Waals surface area contributed by atoms with Gasteiger partial charge in [0.25, 0.3) is 10.1 Å². The first-order valence-electron chi connectivity index (χ1n) is 14.6. The normalized spacial score (nSPS) is 12.6. The SMILES string of the molecule is CCCCCCCCCCCCCCCCOS(=O)(=O)C(F)CCCCCCCCCCC.[NaH]. The quantitative estimate of drug-likeness (QED) is 0.0620. The molecule has 0 radical (unpaired) electrons. The Morgan fingerprint density at radius 3 is 1.18 bits per heavy atom. The third-order valence-corrected chi connectivity index (χ3v) is 7.95. The van der Waals surface area contributed by atoms with Crippen LogP contribution in [0.4, 0.5) is 4.39 Å². The molecule has 202 valence electrons. The van der Waals surface area contributed by atoms with Crippen molar-refractivity contribution in [2.75, 3.05) is 6.61 Å². The number of rotatable bonds is 27. The average Bonchev–Trinajstić information content (AvgIpc) is 2.80. The molecule has 3 nitrogen and oxygen atoms in total. The van der Waals surface area contributed by atoms with Crippen LogP contribution in [-0.4, -0.2) is 50.1 Å². The van der Waals surface area contributed by atoms with Crippen molar-refractivity contribution in [2.45, 2.75) is 173 Å². The fraction of sp³-hybridized carbons (Fsp3) is 1.00. The number of hydrogen-bond acceptors (Lipinski definition) is 3.